The maximum Gasteiger partial charge on any atom is 0.192 e. The largest absolute Gasteiger partial charge is 0.410 e. The molecule has 0 unspecified atom stereocenters. The summed E-state index contributed by atoms with van der Waals surface area (Å²) in [6.07, 6.45) is 1.53. The van der Waals surface area contributed by atoms with E-state index in [1.807, 2.05) is 6.08 Å². The summed E-state index contributed by atoms with van der Waals surface area (Å²) in [5.74, 6) is 0.0532. The summed E-state index contributed by atoms with van der Waals surface area (Å²) in [5.41, 5.74) is 0.578. The third kappa shape index (κ3) is 3.75. The van der Waals surface area contributed by atoms with Gasteiger partial charge >= 0.3 is 0 Å². The van der Waals surface area contributed by atoms with Crippen LogP contribution in [0.15, 0.2) is 11.6 Å². The lowest BCUT2D eigenvalue weighted by molar-refractivity contribution is -0.122. The number of carbonyl (C=O) groups excluding carboxylic acids is 1. The van der Waals surface area contributed by atoms with Crippen LogP contribution in [0.5, 0.6) is 0 Å². The zero-order valence-corrected chi connectivity index (χ0v) is 14.1. The van der Waals surface area contributed by atoms with Crippen LogP contribution in [0.1, 0.15) is 27.2 Å². The fourth-order valence-electron chi connectivity index (χ4n) is 1.84. The first kappa shape index (κ1) is 16.6. The fourth-order valence-corrected chi connectivity index (χ4v) is 3.11. The predicted octanol–water partition coefficient (Wildman–Crippen LogP) is 2.89. The van der Waals surface area contributed by atoms with Crippen molar-refractivity contribution in [3.05, 3.63) is 11.6 Å². The highest BCUT2D eigenvalue weighted by molar-refractivity contribution is 6.74. The van der Waals surface area contributed by atoms with Gasteiger partial charge in [-0.2, -0.15) is 0 Å². The maximum absolute atomic E-state index is 12.0. The SMILES string of the molecule is COC(OC)C1=C[C@H](O[Si](C)(C)C(C)(C)C)CC1=O. The minimum atomic E-state index is -1.86. The Morgan fingerprint density at radius 1 is 1.26 bits per heavy atom. The molecule has 0 aliphatic heterocycles. The van der Waals surface area contributed by atoms with E-state index in [1.165, 1.54) is 14.2 Å². The van der Waals surface area contributed by atoms with E-state index in [0.29, 0.717) is 12.0 Å². The number of ketones is 1. The summed E-state index contributed by atoms with van der Waals surface area (Å²) in [5, 5.41) is 0.133. The number of hydrogen-bond donors (Lipinski definition) is 0. The van der Waals surface area contributed by atoms with E-state index in [-0.39, 0.29) is 16.9 Å². The summed E-state index contributed by atoms with van der Waals surface area (Å²) >= 11 is 0. The van der Waals surface area contributed by atoms with Gasteiger partial charge in [0.15, 0.2) is 20.4 Å². The molecule has 0 aromatic rings. The van der Waals surface area contributed by atoms with Crippen molar-refractivity contribution >= 4 is 14.1 Å². The summed E-state index contributed by atoms with van der Waals surface area (Å²) in [7, 11) is 1.20. The van der Waals surface area contributed by atoms with Gasteiger partial charge in [0.05, 0.1) is 6.10 Å². The van der Waals surface area contributed by atoms with E-state index in [2.05, 4.69) is 33.9 Å². The molecule has 110 valence electrons. The molecule has 19 heavy (non-hydrogen) atoms. The monoisotopic (exact) mass is 286 g/mol. The van der Waals surface area contributed by atoms with Gasteiger partial charge in [-0.25, -0.2) is 0 Å². The van der Waals surface area contributed by atoms with E-state index in [1.54, 1.807) is 0 Å². The molecule has 0 aromatic heterocycles. The molecular weight excluding hydrogens is 260 g/mol. The highest BCUT2D eigenvalue weighted by Crippen LogP contribution is 2.38. The number of rotatable bonds is 5. The molecule has 0 N–H and O–H groups in total. The van der Waals surface area contributed by atoms with Gasteiger partial charge in [-0.3, -0.25) is 4.79 Å². The summed E-state index contributed by atoms with van der Waals surface area (Å²) in [6.45, 7) is 10.9. The third-order valence-corrected chi connectivity index (χ3v) is 8.51. The van der Waals surface area contributed by atoms with E-state index >= 15 is 0 Å². The Bertz CT molecular complexity index is 364. The van der Waals surface area contributed by atoms with Crippen molar-refractivity contribution in [3.63, 3.8) is 0 Å². The lowest BCUT2D eigenvalue weighted by Crippen LogP contribution is -2.43. The Morgan fingerprint density at radius 3 is 2.21 bits per heavy atom. The normalized spacial score (nSPS) is 21.2. The van der Waals surface area contributed by atoms with Crippen LogP contribution in [0.25, 0.3) is 0 Å². The van der Waals surface area contributed by atoms with E-state index in [4.69, 9.17) is 13.9 Å². The lowest BCUT2D eigenvalue weighted by atomic mass is 10.2. The molecule has 0 fully saturated rings. The van der Waals surface area contributed by atoms with Crippen molar-refractivity contribution in [1.29, 1.82) is 0 Å². The van der Waals surface area contributed by atoms with Crippen LogP contribution in [0, 0.1) is 0 Å². The van der Waals surface area contributed by atoms with Gasteiger partial charge < -0.3 is 13.9 Å². The van der Waals surface area contributed by atoms with Gasteiger partial charge in [-0.1, -0.05) is 20.8 Å². The first-order chi connectivity index (χ1) is 8.62. The molecule has 0 saturated heterocycles. The van der Waals surface area contributed by atoms with Crippen molar-refractivity contribution in [2.45, 2.75) is 57.7 Å². The predicted molar refractivity (Wildman–Crippen MR) is 77.6 cm³/mol. The summed E-state index contributed by atoms with van der Waals surface area (Å²) in [4.78, 5) is 12.0. The second kappa shape index (κ2) is 5.87. The molecule has 4 nitrogen and oxygen atoms in total. The standard InChI is InChI=1S/C14H26O4Si/c1-14(2,3)19(6,7)18-10-8-11(12(15)9-10)13(16-4)17-5/h8,10,13H,9H2,1-7H3/t10-/m0/s1. The van der Waals surface area contributed by atoms with Crippen LogP contribution in [0.2, 0.25) is 18.1 Å². The van der Waals surface area contributed by atoms with Gasteiger partial charge in [-0.15, -0.1) is 0 Å². The second-order valence-electron chi connectivity index (χ2n) is 6.47. The number of carbonyl (C=O) groups is 1. The summed E-state index contributed by atoms with van der Waals surface area (Å²) in [6, 6.07) is 0. The molecular formula is C14H26O4Si. The van der Waals surface area contributed by atoms with Gasteiger partial charge in [0, 0.05) is 26.2 Å². The zero-order chi connectivity index (χ0) is 14.8. The average Bonchev–Trinajstić information content (AvgIpc) is 2.59. The lowest BCUT2D eigenvalue weighted by Gasteiger charge is -2.37. The van der Waals surface area contributed by atoms with Crippen molar-refractivity contribution in [2.24, 2.45) is 0 Å². The van der Waals surface area contributed by atoms with E-state index < -0.39 is 14.6 Å². The molecule has 0 aromatic carbocycles. The van der Waals surface area contributed by atoms with Crippen molar-refractivity contribution < 1.29 is 18.7 Å². The number of ether oxygens (including phenoxy) is 2. The topological polar surface area (TPSA) is 44.8 Å². The van der Waals surface area contributed by atoms with Gasteiger partial charge in [-0.05, 0) is 24.2 Å². The van der Waals surface area contributed by atoms with Crippen LogP contribution >= 0.6 is 0 Å². The first-order valence-corrected chi connectivity index (χ1v) is 9.51. The summed E-state index contributed by atoms with van der Waals surface area (Å²) < 4.78 is 16.5. The minimum absolute atomic E-state index is 0.0532. The van der Waals surface area contributed by atoms with Gasteiger partial charge in [0.25, 0.3) is 0 Å². The Morgan fingerprint density at radius 2 is 1.79 bits per heavy atom. The zero-order valence-electron chi connectivity index (χ0n) is 13.1. The Labute approximate surface area is 117 Å². The van der Waals surface area contributed by atoms with Crippen LogP contribution in [0.3, 0.4) is 0 Å². The molecule has 1 aliphatic rings. The molecule has 0 heterocycles. The smallest absolute Gasteiger partial charge is 0.192 e. The van der Waals surface area contributed by atoms with E-state index in [0.717, 1.165) is 0 Å². The highest BCUT2D eigenvalue weighted by atomic mass is 28.4. The highest BCUT2D eigenvalue weighted by Gasteiger charge is 2.41. The molecule has 0 spiro atoms. The molecule has 0 radical (unpaired) electrons. The first-order valence-electron chi connectivity index (χ1n) is 6.60. The fraction of sp³-hybridized carbons (Fsp3) is 0.786. The molecule has 1 rings (SSSR count). The third-order valence-electron chi connectivity index (χ3n) is 4.01. The average molecular weight is 286 g/mol. The second-order valence-corrected chi connectivity index (χ2v) is 11.2. The molecule has 0 amide bonds. The molecule has 1 aliphatic carbocycles. The molecule has 0 saturated carbocycles. The van der Waals surface area contributed by atoms with Crippen LogP contribution in [-0.4, -0.2) is 40.7 Å². The minimum Gasteiger partial charge on any atom is -0.410 e. The van der Waals surface area contributed by atoms with E-state index in [9.17, 15) is 4.79 Å². The molecule has 0 bridgehead atoms. The van der Waals surface area contributed by atoms with Crippen LogP contribution < -0.4 is 0 Å². The maximum atomic E-state index is 12.0. The number of methoxy groups -OCH3 is 2. The van der Waals surface area contributed by atoms with Crippen LogP contribution in [-0.2, 0) is 18.7 Å². The van der Waals surface area contributed by atoms with Gasteiger partial charge in [0.1, 0.15) is 0 Å². The Kier molecular flexibility index (Phi) is 5.12. The van der Waals surface area contributed by atoms with Crippen molar-refractivity contribution in [3.8, 4) is 0 Å². The quantitative estimate of drug-likeness (QED) is 0.576. The molecule has 5 heteroatoms. The van der Waals surface area contributed by atoms with Crippen molar-refractivity contribution in [1.82, 2.24) is 0 Å². The number of Topliss-reactive ketones (excluding diaryl/α,β-unsaturated/α-hetero) is 1. The van der Waals surface area contributed by atoms with Crippen molar-refractivity contribution in [2.75, 3.05) is 14.2 Å². The Balaban J connectivity index is 2.81. The Hall–Kier alpha value is -0.493. The van der Waals surface area contributed by atoms with Crippen LogP contribution in [0.4, 0.5) is 0 Å². The number of hydrogen-bond acceptors (Lipinski definition) is 4. The molecule has 1 atom stereocenters. The van der Waals surface area contributed by atoms with Gasteiger partial charge in [0.2, 0.25) is 0 Å².